The van der Waals surface area contributed by atoms with Crippen molar-refractivity contribution in [1.82, 2.24) is 4.90 Å². The molecular weight excluding hydrogens is 268 g/mol. The zero-order valence-corrected chi connectivity index (χ0v) is 11.4. The molecule has 1 aliphatic rings. The highest BCUT2D eigenvalue weighted by atomic mass is 35.5. The predicted octanol–water partition coefficient (Wildman–Crippen LogP) is 3.26. The van der Waals surface area contributed by atoms with E-state index in [1.807, 2.05) is 0 Å². The van der Waals surface area contributed by atoms with E-state index < -0.39 is 4.92 Å². The average Bonchev–Trinajstić information content (AvgIpc) is 2.90. The molecule has 0 heterocycles. The number of halogens is 1. The van der Waals surface area contributed by atoms with Crippen LogP contribution in [0.3, 0.4) is 0 Å². The molecule has 0 saturated heterocycles. The van der Waals surface area contributed by atoms with E-state index in [0.717, 1.165) is 25.7 Å². The second-order valence-corrected chi connectivity index (χ2v) is 5.18. The van der Waals surface area contributed by atoms with E-state index in [9.17, 15) is 14.9 Å². The third-order valence-corrected chi connectivity index (χ3v) is 3.89. The molecule has 0 unspecified atom stereocenters. The van der Waals surface area contributed by atoms with Crippen LogP contribution in [0, 0.1) is 10.1 Å². The maximum atomic E-state index is 12.3. The second kappa shape index (κ2) is 5.57. The Balaban J connectivity index is 2.19. The van der Waals surface area contributed by atoms with Crippen molar-refractivity contribution in [1.29, 1.82) is 0 Å². The van der Waals surface area contributed by atoms with Crippen LogP contribution in [-0.4, -0.2) is 28.8 Å². The summed E-state index contributed by atoms with van der Waals surface area (Å²) >= 11 is 5.82. The smallest absolute Gasteiger partial charge is 0.287 e. The van der Waals surface area contributed by atoms with Crippen molar-refractivity contribution < 1.29 is 9.72 Å². The maximum Gasteiger partial charge on any atom is 0.287 e. The summed E-state index contributed by atoms with van der Waals surface area (Å²) in [5.74, 6) is -0.135. The van der Waals surface area contributed by atoms with Gasteiger partial charge in [0.1, 0.15) is 5.02 Å². The Hall–Kier alpha value is -1.62. The van der Waals surface area contributed by atoms with E-state index in [2.05, 4.69) is 0 Å². The molecule has 1 amide bonds. The number of amides is 1. The normalized spacial score (nSPS) is 15.5. The van der Waals surface area contributed by atoms with Crippen molar-refractivity contribution in [3.8, 4) is 0 Å². The van der Waals surface area contributed by atoms with Crippen LogP contribution < -0.4 is 0 Å². The lowest BCUT2D eigenvalue weighted by molar-refractivity contribution is -0.384. The summed E-state index contributed by atoms with van der Waals surface area (Å²) < 4.78 is 0. The molecule has 1 aromatic carbocycles. The van der Waals surface area contributed by atoms with Crippen molar-refractivity contribution in [2.24, 2.45) is 0 Å². The fourth-order valence-electron chi connectivity index (χ4n) is 2.45. The third-order valence-electron chi connectivity index (χ3n) is 3.58. The van der Waals surface area contributed by atoms with Gasteiger partial charge in [0.25, 0.3) is 11.6 Å². The summed E-state index contributed by atoms with van der Waals surface area (Å²) in [5.41, 5.74) is 0.215. The summed E-state index contributed by atoms with van der Waals surface area (Å²) in [6, 6.07) is 4.37. The monoisotopic (exact) mass is 282 g/mol. The number of rotatable bonds is 3. The lowest BCUT2D eigenvalue weighted by Gasteiger charge is -2.24. The van der Waals surface area contributed by atoms with Gasteiger partial charge in [-0.15, -0.1) is 0 Å². The Morgan fingerprint density at radius 1 is 1.42 bits per heavy atom. The van der Waals surface area contributed by atoms with E-state index in [1.165, 1.54) is 18.2 Å². The topological polar surface area (TPSA) is 63.5 Å². The zero-order chi connectivity index (χ0) is 14.0. The van der Waals surface area contributed by atoms with E-state index in [1.54, 1.807) is 11.9 Å². The third kappa shape index (κ3) is 2.87. The summed E-state index contributed by atoms with van der Waals surface area (Å²) in [6.45, 7) is 0. The molecule has 0 bridgehead atoms. The number of nitro benzene ring substituents is 1. The molecule has 2 rings (SSSR count). The molecule has 0 radical (unpaired) electrons. The molecule has 0 aromatic heterocycles. The van der Waals surface area contributed by atoms with E-state index in [4.69, 9.17) is 11.6 Å². The number of carbonyl (C=O) groups excluding carboxylic acids is 1. The first-order valence-electron chi connectivity index (χ1n) is 6.22. The molecular formula is C13H15ClN2O3. The van der Waals surface area contributed by atoms with Crippen LogP contribution in [0.1, 0.15) is 36.0 Å². The van der Waals surface area contributed by atoms with Crippen LogP contribution in [0.2, 0.25) is 5.02 Å². The Bertz CT molecular complexity index is 513. The lowest BCUT2D eigenvalue weighted by Crippen LogP contribution is -2.35. The van der Waals surface area contributed by atoms with Crippen molar-refractivity contribution in [3.63, 3.8) is 0 Å². The molecule has 1 aromatic rings. The Labute approximate surface area is 116 Å². The minimum Gasteiger partial charge on any atom is -0.339 e. The van der Waals surface area contributed by atoms with E-state index in [0.29, 0.717) is 5.56 Å². The summed E-state index contributed by atoms with van der Waals surface area (Å²) in [4.78, 5) is 24.1. The van der Waals surface area contributed by atoms with E-state index in [-0.39, 0.29) is 22.7 Å². The number of hydrogen-bond acceptors (Lipinski definition) is 3. The minimum absolute atomic E-state index is 0.00401. The summed E-state index contributed by atoms with van der Waals surface area (Å²) in [7, 11) is 1.77. The molecule has 0 aliphatic heterocycles. The van der Waals surface area contributed by atoms with Gasteiger partial charge in [0, 0.05) is 24.7 Å². The standard InChI is InChI=1S/C13H15ClN2O3/c1-15(10-4-2-3-5-10)13(17)9-6-7-12(16(18)19)11(14)8-9/h6-8,10H,2-5H2,1H3. The predicted molar refractivity (Wildman–Crippen MR) is 72.5 cm³/mol. The molecule has 5 nitrogen and oxygen atoms in total. The Morgan fingerprint density at radius 2 is 2.05 bits per heavy atom. The van der Waals surface area contributed by atoms with Gasteiger partial charge < -0.3 is 4.90 Å². The molecule has 1 fully saturated rings. The Kier molecular flexibility index (Phi) is 4.04. The van der Waals surface area contributed by atoms with Crippen LogP contribution in [-0.2, 0) is 0 Å². The van der Waals surface area contributed by atoms with Crippen LogP contribution in [0.5, 0.6) is 0 Å². The molecule has 1 saturated carbocycles. The van der Waals surface area contributed by atoms with Gasteiger partial charge in [-0.2, -0.15) is 0 Å². The van der Waals surface area contributed by atoms with Crippen molar-refractivity contribution in [3.05, 3.63) is 38.9 Å². The first-order chi connectivity index (χ1) is 9.00. The van der Waals surface area contributed by atoms with Crippen molar-refractivity contribution in [2.45, 2.75) is 31.7 Å². The van der Waals surface area contributed by atoms with Gasteiger partial charge in [-0.05, 0) is 25.0 Å². The SMILES string of the molecule is CN(C(=O)c1ccc([N+](=O)[O-])c(Cl)c1)C1CCCC1. The number of nitrogens with zero attached hydrogens (tertiary/aromatic N) is 2. The number of benzene rings is 1. The number of nitro groups is 1. The number of hydrogen-bond donors (Lipinski definition) is 0. The molecule has 0 atom stereocenters. The van der Waals surface area contributed by atoms with Gasteiger partial charge >= 0.3 is 0 Å². The summed E-state index contributed by atoms with van der Waals surface area (Å²) in [5, 5.41) is 10.7. The molecule has 6 heteroatoms. The van der Waals surface area contributed by atoms with Crippen LogP contribution >= 0.6 is 11.6 Å². The van der Waals surface area contributed by atoms with Crippen molar-refractivity contribution in [2.75, 3.05) is 7.05 Å². The molecule has 0 spiro atoms. The average molecular weight is 283 g/mol. The van der Waals surface area contributed by atoms with Gasteiger partial charge in [-0.25, -0.2) is 0 Å². The van der Waals surface area contributed by atoms with Crippen LogP contribution in [0.15, 0.2) is 18.2 Å². The highest BCUT2D eigenvalue weighted by Gasteiger charge is 2.25. The van der Waals surface area contributed by atoms with Crippen molar-refractivity contribution >= 4 is 23.2 Å². The Morgan fingerprint density at radius 3 is 2.58 bits per heavy atom. The van der Waals surface area contributed by atoms with Gasteiger partial charge in [-0.1, -0.05) is 24.4 Å². The van der Waals surface area contributed by atoms with Crippen LogP contribution in [0.4, 0.5) is 5.69 Å². The summed E-state index contributed by atoms with van der Waals surface area (Å²) in [6.07, 6.45) is 4.32. The van der Waals surface area contributed by atoms with Gasteiger partial charge in [0.05, 0.1) is 4.92 Å². The molecule has 102 valence electrons. The maximum absolute atomic E-state index is 12.3. The van der Waals surface area contributed by atoms with Gasteiger partial charge in [0.2, 0.25) is 0 Å². The largest absolute Gasteiger partial charge is 0.339 e. The molecule has 0 N–H and O–H groups in total. The fraction of sp³-hybridized carbons (Fsp3) is 0.462. The van der Waals surface area contributed by atoms with Gasteiger partial charge in [0.15, 0.2) is 0 Å². The van der Waals surface area contributed by atoms with E-state index >= 15 is 0 Å². The zero-order valence-electron chi connectivity index (χ0n) is 10.6. The van der Waals surface area contributed by atoms with Gasteiger partial charge in [-0.3, -0.25) is 14.9 Å². The highest BCUT2D eigenvalue weighted by molar-refractivity contribution is 6.33. The first kappa shape index (κ1) is 13.8. The minimum atomic E-state index is -0.558. The first-order valence-corrected chi connectivity index (χ1v) is 6.59. The molecule has 19 heavy (non-hydrogen) atoms. The second-order valence-electron chi connectivity index (χ2n) is 4.78. The fourth-order valence-corrected chi connectivity index (χ4v) is 2.70. The van der Waals surface area contributed by atoms with Crippen LogP contribution in [0.25, 0.3) is 0 Å². The highest BCUT2D eigenvalue weighted by Crippen LogP contribution is 2.27. The lowest BCUT2D eigenvalue weighted by atomic mass is 10.1. The number of carbonyl (C=O) groups is 1. The quantitative estimate of drug-likeness (QED) is 0.631. The molecule has 1 aliphatic carbocycles.